The van der Waals surface area contributed by atoms with Crippen LogP contribution in [0.4, 0.5) is 0 Å². The van der Waals surface area contributed by atoms with E-state index >= 15 is 0 Å². The molecule has 2 aliphatic rings. The first kappa shape index (κ1) is 15.8. The van der Waals surface area contributed by atoms with E-state index in [1.54, 1.807) is 11.9 Å². The Kier molecular flexibility index (Phi) is 4.82. The van der Waals surface area contributed by atoms with Crippen molar-refractivity contribution < 1.29 is 24.2 Å². The summed E-state index contributed by atoms with van der Waals surface area (Å²) < 4.78 is 5.18. The average Bonchev–Trinajstić information content (AvgIpc) is 2.42. The van der Waals surface area contributed by atoms with Gasteiger partial charge in [0.05, 0.1) is 25.2 Å². The topological polar surface area (TPSA) is 87.2 Å². The predicted octanol–water partition coefficient (Wildman–Crippen LogP) is -0.0514. The number of nitrogens with zero attached hydrogens (tertiary/aromatic N) is 2. The molecule has 0 bridgehead atoms. The van der Waals surface area contributed by atoms with E-state index in [1.807, 2.05) is 0 Å². The van der Waals surface area contributed by atoms with Crippen molar-refractivity contribution in [1.82, 2.24) is 9.80 Å². The van der Waals surface area contributed by atoms with Gasteiger partial charge in [-0.3, -0.25) is 14.4 Å². The van der Waals surface area contributed by atoms with Gasteiger partial charge in [-0.1, -0.05) is 6.42 Å². The van der Waals surface area contributed by atoms with Crippen molar-refractivity contribution in [2.45, 2.75) is 25.7 Å². The molecule has 1 saturated heterocycles. The summed E-state index contributed by atoms with van der Waals surface area (Å²) in [5.74, 6) is -1.30. The van der Waals surface area contributed by atoms with Crippen LogP contribution in [0.3, 0.4) is 0 Å². The van der Waals surface area contributed by atoms with Gasteiger partial charge in [-0.05, 0) is 12.8 Å². The van der Waals surface area contributed by atoms with Gasteiger partial charge in [0.2, 0.25) is 11.8 Å². The molecule has 7 heteroatoms. The van der Waals surface area contributed by atoms with Gasteiger partial charge in [0, 0.05) is 26.6 Å². The predicted molar refractivity (Wildman–Crippen MR) is 73.6 cm³/mol. The summed E-state index contributed by atoms with van der Waals surface area (Å²) >= 11 is 0. The number of hydrogen-bond donors (Lipinski definition) is 1. The van der Waals surface area contributed by atoms with Crippen molar-refractivity contribution in [3.63, 3.8) is 0 Å². The van der Waals surface area contributed by atoms with Crippen molar-refractivity contribution in [2.24, 2.45) is 5.41 Å². The molecule has 7 nitrogen and oxygen atoms in total. The zero-order valence-corrected chi connectivity index (χ0v) is 12.3. The summed E-state index contributed by atoms with van der Waals surface area (Å²) in [4.78, 5) is 38.5. The van der Waals surface area contributed by atoms with Crippen LogP contribution in [-0.2, 0) is 19.1 Å². The SMILES string of the molecule is CN(CC(=O)N1CCOCC1)C(=O)CC1(C(=O)O)CCC1. The molecule has 2 amide bonds. The number of rotatable bonds is 5. The lowest BCUT2D eigenvalue weighted by Gasteiger charge is -2.38. The molecular formula is C14H22N2O5. The molecule has 118 valence electrons. The molecule has 2 fully saturated rings. The van der Waals surface area contributed by atoms with Crippen LogP contribution in [-0.4, -0.2) is 72.6 Å². The van der Waals surface area contributed by atoms with Crippen LogP contribution in [0.15, 0.2) is 0 Å². The van der Waals surface area contributed by atoms with Crippen molar-refractivity contribution in [1.29, 1.82) is 0 Å². The molecule has 0 radical (unpaired) electrons. The lowest BCUT2D eigenvalue weighted by molar-refractivity contribution is -0.159. The lowest BCUT2D eigenvalue weighted by atomic mass is 9.66. The van der Waals surface area contributed by atoms with Gasteiger partial charge in [0.15, 0.2) is 0 Å². The lowest BCUT2D eigenvalue weighted by Crippen LogP contribution is -2.48. The first-order chi connectivity index (χ1) is 9.94. The highest BCUT2D eigenvalue weighted by atomic mass is 16.5. The third-order valence-corrected chi connectivity index (χ3v) is 4.42. The zero-order valence-electron chi connectivity index (χ0n) is 12.3. The third-order valence-electron chi connectivity index (χ3n) is 4.42. The molecule has 0 aromatic carbocycles. The van der Waals surface area contributed by atoms with Gasteiger partial charge in [-0.2, -0.15) is 0 Å². The standard InChI is InChI=1S/C14H22N2O5/c1-15(10-12(18)16-5-7-21-8-6-16)11(17)9-14(13(19)20)3-2-4-14/h2-10H2,1H3,(H,19,20). The Labute approximate surface area is 123 Å². The number of carboxylic acid groups (broad SMARTS) is 1. The summed E-state index contributed by atoms with van der Waals surface area (Å²) in [5, 5.41) is 9.24. The second-order valence-electron chi connectivity index (χ2n) is 5.86. The third kappa shape index (κ3) is 3.53. The van der Waals surface area contributed by atoms with Crippen LogP contribution in [0.2, 0.25) is 0 Å². The summed E-state index contributed by atoms with van der Waals surface area (Å²) in [6, 6.07) is 0. The van der Waals surface area contributed by atoms with E-state index in [-0.39, 0.29) is 24.8 Å². The minimum absolute atomic E-state index is 0.00542. The van der Waals surface area contributed by atoms with E-state index in [0.29, 0.717) is 39.1 Å². The number of amides is 2. The number of carbonyl (C=O) groups is 3. The van der Waals surface area contributed by atoms with E-state index < -0.39 is 11.4 Å². The van der Waals surface area contributed by atoms with Crippen LogP contribution in [0.5, 0.6) is 0 Å². The van der Waals surface area contributed by atoms with E-state index in [1.165, 1.54) is 4.90 Å². The van der Waals surface area contributed by atoms with Gasteiger partial charge in [0.1, 0.15) is 0 Å². The van der Waals surface area contributed by atoms with Crippen LogP contribution in [0.25, 0.3) is 0 Å². The highest BCUT2D eigenvalue weighted by Crippen LogP contribution is 2.44. The van der Waals surface area contributed by atoms with Crippen LogP contribution >= 0.6 is 0 Å². The molecule has 1 N–H and O–H groups in total. The molecule has 1 heterocycles. The maximum Gasteiger partial charge on any atom is 0.310 e. The molecule has 0 spiro atoms. The molecule has 0 atom stereocenters. The monoisotopic (exact) mass is 298 g/mol. The molecule has 1 aliphatic heterocycles. The van der Waals surface area contributed by atoms with Crippen molar-refractivity contribution in [2.75, 3.05) is 39.9 Å². The number of morpholine rings is 1. The summed E-state index contributed by atoms with van der Waals surface area (Å²) in [5.41, 5.74) is -0.909. The van der Waals surface area contributed by atoms with E-state index in [9.17, 15) is 19.5 Å². The Morgan fingerprint density at radius 3 is 2.33 bits per heavy atom. The van der Waals surface area contributed by atoms with E-state index in [2.05, 4.69) is 0 Å². The number of ether oxygens (including phenoxy) is 1. The zero-order chi connectivity index (χ0) is 15.5. The maximum absolute atomic E-state index is 12.1. The van der Waals surface area contributed by atoms with Crippen LogP contribution < -0.4 is 0 Å². The van der Waals surface area contributed by atoms with Crippen molar-refractivity contribution in [3.05, 3.63) is 0 Å². The Hall–Kier alpha value is -1.63. The number of aliphatic carboxylic acids is 1. The molecule has 1 aliphatic carbocycles. The fourth-order valence-corrected chi connectivity index (χ4v) is 2.70. The Balaban J connectivity index is 1.84. The number of carbonyl (C=O) groups excluding carboxylic acids is 2. The van der Waals surface area contributed by atoms with Gasteiger partial charge >= 0.3 is 5.97 Å². The molecule has 21 heavy (non-hydrogen) atoms. The first-order valence-corrected chi connectivity index (χ1v) is 7.27. The number of likely N-dealkylation sites (N-methyl/N-ethyl adjacent to an activating group) is 1. The van der Waals surface area contributed by atoms with Crippen LogP contribution in [0.1, 0.15) is 25.7 Å². The molecule has 1 saturated carbocycles. The van der Waals surface area contributed by atoms with Gasteiger partial charge < -0.3 is 19.6 Å². The maximum atomic E-state index is 12.1. The fourth-order valence-electron chi connectivity index (χ4n) is 2.70. The molecule has 0 aromatic rings. The highest BCUT2D eigenvalue weighted by Gasteiger charge is 2.46. The van der Waals surface area contributed by atoms with E-state index in [4.69, 9.17) is 4.74 Å². The van der Waals surface area contributed by atoms with Gasteiger partial charge in [-0.15, -0.1) is 0 Å². The molecular weight excluding hydrogens is 276 g/mol. The minimum atomic E-state index is -0.909. The Morgan fingerprint density at radius 2 is 1.86 bits per heavy atom. The Morgan fingerprint density at radius 1 is 1.24 bits per heavy atom. The number of carboxylic acids is 1. The second-order valence-corrected chi connectivity index (χ2v) is 5.86. The first-order valence-electron chi connectivity index (χ1n) is 7.27. The largest absolute Gasteiger partial charge is 0.481 e. The highest BCUT2D eigenvalue weighted by molar-refractivity contribution is 5.88. The molecule has 2 rings (SSSR count). The van der Waals surface area contributed by atoms with Gasteiger partial charge in [0.25, 0.3) is 0 Å². The summed E-state index contributed by atoms with van der Waals surface area (Å²) in [6.07, 6.45) is 1.91. The summed E-state index contributed by atoms with van der Waals surface area (Å²) in [6.45, 7) is 2.12. The smallest absolute Gasteiger partial charge is 0.310 e. The van der Waals surface area contributed by atoms with E-state index in [0.717, 1.165) is 6.42 Å². The summed E-state index contributed by atoms with van der Waals surface area (Å²) in [7, 11) is 1.55. The second kappa shape index (κ2) is 6.43. The van der Waals surface area contributed by atoms with Crippen LogP contribution in [0, 0.1) is 5.41 Å². The van der Waals surface area contributed by atoms with Crippen molar-refractivity contribution in [3.8, 4) is 0 Å². The average molecular weight is 298 g/mol. The fraction of sp³-hybridized carbons (Fsp3) is 0.786. The van der Waals surface area contributed by atoms with Crippen molar-refractivity contribution >= 4 is 17.8 Å². The molecule has 0 aromatic heterocycles. The minimum Gasteiger partial charge on any atom is -0.481 e. The number of hydrogen-bond acceptors (Lipinski definition) is 4. The normalized spacial score (nSPS) is 20.5. The quantitative estimate of drug-likeness (QED) is 0.769. The Bertz CT molecular complexity index is 427. The molecule has 0 unspecified atom stereocenters. The van der Waals surface area contributed by atoms with Gasteiger partial charge in [-0.25, -0.2) is 0 Å².